The van der Waals surface area contributed by atoms with Gasteiger partial charge in [0.25, 0.3) is 0 Å². The normalized spacial score (nSPS) is 61.0. The molecule has 0 radical (unpaired) electrons. The smallest absolute Gasteiger partial charge is 0.112 e. The molecular formula is C7H4Cl4O. The number of epoxide rings is 1. The van der Waals surface area contributed by atoms with Gasteiger partial charge in [-0.25, -0.2) is 0 Å². The third-order valence-corrected chi connectivity index (χ3v) is 5.25. The quantitative estimate of drug-likeness (QED) is 0.472. The molecule has 4 unspecified atom stereocenters. The molecule has 12 heavy (non-hydrogen) atoms. The summed E-state index contributed by atoms with van der Waals surface area (Å²) < 4.78 is 5.31. The van der Waals surface area contributed by atoms with Crippen LogP contribution in [0.25, 0.3) is 0 Å². The molecule has 3 aliphatic rings. The van der Waals surface area contributed by atoms with Crippen molar-refractivity contribution in [2.45, 2.75) is 28.4 Å². The van der Waals surface area contributed by atoms with Crippen LogP contribution < -0.4 is 0 Å². The summed E-state index contributed by atoms with van der Waals surface area (Å²) >= 11 is 24.4. The molecule has 2 fully saturated rings. The van der Waals surface area contributed by atoms with Gasteiger partial charge in [-0.2, -0.15) is 0 Å². The fourth-order valence-electron chi connectivity index (χ4n) is 2.15. The van der Waals surface area contributed by atoms with E-state index in [1.54, 1.807) is 0 Å². The van der Waals surface area contributed by atoms with E-state index in [-0.39, 0.29) is 12.2 Å². The van der Waals surface area contributed by atoms with Crippen LogP contribution in [0, 0.1) is 0 Å². The number of rotatable bonds is 0. The minimum absolute atomic E-state index is 0.0216. The van der Waals surface area contributed by atoms with Gasteiger partial charge in [-0.15, -0.1) is 23.2 Å². The Balaban J connectivity index is 2.23. The Morgan fingerprint density at radius 2 is 1.50 bits per heavy atom. The summed E-state index contributed by atoms with van der Waals surface area (Å²) in [6.45, 7) is 0. The summed E-state index contributed by atoms with van der Waals surface area (Å²) in [4.78, 5) is -1.27. The van der Waals surface area contributed by atoms with Crippen LogP contribution in [0.15, 0.2) is 10.1 Å². The molecule has 0 amide bonds. The van der Waals surface area contributed by atoms with Crippen LogP contribution in [-0.4, -0.2) is 22.0 Å². The molecule has 0 aromatic heterocycles. The first-order valence-corrected chi connectivity index (χ1v) is 5.11. The lowest BCUT2D eigenvalue weighted by Gasteiger charge is -2.17. The van der Waals surface area contributed by atoms with Gasteiger partial charge in [-0.1, -0.05) is 23.2 Å². The van der Waals surface area contributed by atoms with Crippen molar-refractivity contribution >= 4 is 46.4 Å². The molecule has 0 spiro atoms. The number of alkyl halides is 2. The van der Waals surface area contributed by atoms with Crippen molar-refractivity contribution in [1.29, 1.82) is 0 Å². The average molecular weight is 246 g/mol. The van der Waals surface area contributed by atoms with Gasteiger partial charge in [-0.3, -0.25) is 0 Å². The van der Waals surface area contributed by atoms with E-state index in [1.165, 1.54) is 0 Å². The van der Waals surface area contributed by atoms with E-state index >= 15 is 0 Å². The highest BCUT2D eigenvalue weighted by molar-refractivity contribution is 6.51. The highest BCUT2D eigenvalue weighted by atomic mass is 35.5. The van der Waals surface area contributed by atoms with Gasteiger partial charge < -0.3 is 4.74 Å². The molecule has 4 atom stereocenters. The zero-order chi connectivity index (χ0) is 8.72. The van der Waals surface area contributed by atoms with E-state index in [1.807, 2.05) is 0 Å². The summed E-state index contributed by atoms with van der Waals surface area (Å²) in [5, 5.41) is 0.944. The Bertz CT molecular complexity index is 287. The summed E-state index contributed by atoms with van der Waals surface area (Å²) in [6, 6.07) is 0. The molecule has 1 saturated carbocycles. The van der Waals surface area contributed by atoms with Crippen molar-refractivity contribution in [3.63, 3.8) is 0 Å². The van der Waals surface area contributed by atoms with Crippen LogP contribution in [0.4, 0.5) is 0 Å². The molecule has 1 saturated heterocycles. The highest BCUT2D eigenvalue weighted by Crippen LogP contribution is 2.70. The van der Waals surface area contributed by atoms with Crippen molar-refractivity contribution in [3.05, 3.63) is 10.1 Å². The minimum atomic E-state index is -0.634. The standard InChI is InChI=1S/C7H4Cl4O/c8-2-3(9)7(11)1-6(2,10)4-5(7)12-4/h4-5H,1H2. The first-order chi connectivity index (χ1) is 5.50. The third-order valence-electron chi connectivity index (χ3n) is 2.83. The molecular weight excluding hydrogens is 242 g/mol. The Hall–Kier alpha value is 0.860. The molecule has 2 aliphatic carbocycles. The fraction of sp³-hybridized carbons (Fsp3) is 0.714. The second-order valence-electron chi connectivity index (χ2n) is 3.51. The summed E-state index contributed by atoms with van der Waals surface area (Å²) in [6.07, 6.45) is 0.550. The Morgan fingerprint density at radius 1 is 1.08 bits per heavy atom. The molecule has 1 heterocycles. The van der Waals surface area contributed by atoms with Crippen LogP contribution >= 0.6 is 46.4 Å². The molecule has 3 rings (SSSR count). The van der Waals surface area contributed by atoms with E-state index in [4.69, 9.17) is 51.1 Å². The zero-order valence-corrected chi connectivity index (χ0v) is 8.81. The number of halogens is 4. The van der Waals surface area contributed by atoms with E-state index in [0.717, 1.165) is 0 Å². The maximum absolute atomic E-state index is 6.24. The second kappa shape index (κ2) is 1.94. The summed E-state index contributed by atoms with van der Waals surface area (Å²) in [5.74, 6) is 0. The van der Waals surface area contributed by atoms with Crippen molar-refractivity contribution in [2.24, 2.45) is 0 Å². The van der Waals surface area contributed by atoms with Crippen LogP contribution in [-0.2, 0) is 4.74 Å². The Morgan fingerprint density at radius 3 is 1.83 bits per heavy atom. The predicted molar refractivity (Wildman–Crippen MR) is 49.2 cm³/mol. The van der Waals surface area contributed by atoms with Gasteiger partial charge in [0.2, 0.25) is 0 Å². The summed E-state index contributed by atoms with van der Waals surface area (Å²) in [7, 11) is 0. The van der Waals surface area contributed by atoms with Gasteiger partial charge >= 0.3 is 0 Å². The number of fused-ring (bicyclic) bond motifs is 5. The molecule has 0 aromatic carbocycles. The monoisotopic (exact) mass is 244 g/mol. The third kappa shape index (κ3) is 0.632. The van der Waals surface area contributed by atoms with E-state index in [9.17, 15) is 0 Å². The van der Waals surface area contributed by atoms with E-state index in [0.29, 0.717) is 16.5 Å². The molecule has 66 valence electrons. The Kier molecular flexibility index (Phi) is 1.32. The summed E-state index contributed by atoms with van der Waals surface area (Å²) in [5.41, 5.74) is 0. The van der Waals surface area contributed by atoms with E-state index in [2.05, 4.69) is 0 Å². The lowest BCUT2D eigenvalue weighted by atomic mass is 10.1. The van der Waals surface area contributed by atoms with Crippen LogP contribution in [0.1, 0.15) is 6.42 Å². The van der Waals surface area contributed by atoms with Crippen molar-refractivity contribution < 1.29 is 4.74 Å². The maximum atomic E-state index is 6.24. The van der Waals surface area contributed by atoms with Gasteiger partial charge in [0, 0.05) is 6.42 Å². The molecule has 1 aliphatic heterocycles. The maximum Gasteiger partial charge on any atom is 0.112 e. The molecule has 2 bridgehead atoms. The number of hydrogen-bond acceptors (Lipinski definition) is 1. The van der Waals surface area contributed by atoms with Gasteiger partial charge in [0.15, 0.2) is 0 Å². The number of hydrogen-bond donors (Lipinski definition) is 0. The molecule has 0 N–H and O–H groups in total. The molecule has 0 aromatic rings. The van der Waals surface area contributed by atoms with Crippen molar-refractivity contribution in [3.8, 4) is 0 Å². The van der Waals surface area contributed by atoms with Gasteiger partial charge in [0.05, 0.1) is 10.1 Å². The van der Waals surface area contributed by atoms with Crippen LogP contribution in [0.5, 0.6) is 0 Å². The van der Waals surface area contributed by atoms with Crippen molar-refractivity contribution in [2.75, 3.05) is 0 Å². The zero-order valence-electron chi connectivity index (χ0n) is 5.78. The molecule has 5 heteroatoms. The fourth-order valence-corrected chi connectivity index (χ4v) is 3.95. The van der Waals surface area contributed by atoms with E-state index < -0.39 is 9.75 Å². The van der Waals surface area contributed by atoms with Crippen LogP contribution in [0.2, 0.25) is 0 Å². The second-order valence-corrected chi connectivity index (χ2v) is 5.61. The highest BCUT2D eigenvalue weighted by Gasteiger charge is 2.77. The largest absolute Gasteiger partial charge is 0.365 e. The molecule has 1 nitrogen and oxygen atoms in total. The first kappa shape index (κ1) is 8.19. The number of ether oxygens (including phenoxy) is 1. The Labute approximate surface area is 89.5 Å². The average Bonchev–Trinajstić information content (AvgIpc) is 2.72. The SMILES string of the molecule is ClC1=C(Cl)C2(Cl)CC1(Cl)C1OC12. The first-order valence-electron chi connectivity index (χ1n) is 3.60. The minimum Gasteiger partial charge on any atom is -0.365 e. The van der Waals surface area contributed by atoms with Crippen LogP contribution in [0.3, 0.4) is 0 Å². The lowest BCUT2D eigenvalue weighted by molar-refractivity contribution is 0.292. The van der Waals surface area contributed by atoms with Gasteiger partial charge in [-0.05, 0) is 0 Å². The lowest BCUT2D eigenvalue weighted by Crippen LogP contribution is -2.24. The topological polar surface area (TPSA) is 12.5 Å². The van der Waals surface area contributed by atoms with Gasteiger partial charge in [0.1, 0.15) is 22.0 Å². The predicted octanol–water partition coefficient (Wildman–Crippen LogP) is 2.82. The van der Waals surface area contributed by atoms with Crippen molar-refractivity contribution in [1.82, 2.24) is 0 Å².